The van der Waals surface area contributed by atoms with E-state index in [1.54, 1.807) is 23.8 Å². The molecule has 4 amide bonds. The minimum Gasteiger partial charge on any atom is -0.394 e. The number of aliphatic hydroxyl groups excluding tert-OH is 1. The van der Waals surface area contributed by atoms with Crippen LogP contribution in [-0.4, -0.2) is 106 Å². The average molecular weight is 634 g/mol. The quantitative estimate of drug-likeness (QED) is 0.266. The van der Waals surface area contributed by atoms with E-state index >= 15 is 0 Å². The molecule has 2 aliphatic rings. The standard InChI is InChI=1S/C35H63N5O5/c1-22(2)19-26(21-41)36-31(42)28-16-14-18-40(28)33(44)25(7)20-29(23(3)4)38(11)34(45)30(35(8,9)10)37-32(43)27-15-12-13-17-39(27)24(5)6/h20,22-24,26-30,41H,12-19,21H2,1-11H3,(H,36,42)(H,37,43)/t26-,27-,28+,29-,30-/m1/s1. The number of rotatable bonds is 13. The maximum Gasteiger partial charge on any atom is 0.249 e. The van der Waals surface area contributed by atoms with Crippen LogP contribution < -0.4 is 10.6 Å². The fraction of sp³-hybridized carbons (Fsp3) is 0.829. The van der Waals surface area contributed by atoms with Crippen molar-refractivity contribution in [2.45, 2.75) is 144 Å². The molecule has 0 aromatic rings. The summed E-state index contributed by atoms with van der Waals surface area (Å²) < 4.78 is 0. The molecule has 2 rings (SSSR count). The third kappa shape index (κ3) is 10.5. The number of hydrogen-bond donors (Lipinski definition) is 3. The van der Waals surface area contributed by atoms with Gasteiger partial charge in [-0.1, -0.05) is 61.0 Å². The maximum absolute atomic E-state index is 14.1. The molecule has 10 heteroatoms. The van der Waals surface area contributed by atoms with Crippen LogP contribution in [-0.2, 0) is 19.2 Å². The van der Waals surface area contributed by atoms with Crippen LogP contribution in [0.2, 0.25) is 0 Å². The normalized spacial score (nSPS) is 22.0. The Morgan fingerprint density at radius 2 is 1.51 bits per heavy atom. The van der Waals surface area contributed by atoms with Crippen molar-refractivity contribution in [3.63, 3.8) is 0 Å². The van der Waals surface area contributed by atoms with Gasteiger partial charge in [0, 0.05) is 25.2 Å². The number of nitrogens with one attached hydrogen (secondary N) is 2. The predicted molar refractivity (Wildman–Crippen MR) is 179 cm³/mol. The van der Waals surface area contributed by atoms with E-state index in [9.17, 15) is 24.3 Å². The van der Waals surface area contributed by atoms with E-state index in [0.29, 0.717) is 30.9 Å². The second-order valence-electron chi connectivity index (χ2n) is 15.4. The zero-order valence-corrected chi connectivity index (χ0v) is 30.0. The van der Waals surface area contributed by atoms with Gasteiger partial charge in [0.2, 0.25) is 23.6 Å². The molecular formula is C35H63N5O5. The highest BCUT2D eigenvalue weighted by Gasteiger charge is 2.40. The topological polar surface area (TPSA) is 122 Å². The summed E-state index contributed by atoms with van der Waals surface area (Å²) in [7, 11) is 1.74. The molecule has 2 fully saturated rings. The summed E-state index contributed by atoms with van der Waals surface area (Å²) in [5.74, 6) is -0.462. The summed E-state index contributed by atoms with van der Waals surface area (Å²) in [6, 6.07) is -2.10. The summed E-state index contributed by atoms with van der Waals surface area (Å²) >= 11 is 0. The zero-order chi connectivity index (χ0) is 34.2. The molecule has 10 nitrogen and oxygen atoms in total. The van der Waals surface area contributed by atoms with E-state index in [2.05, 4.69) is 29.4 Å². The molecular weight excluding hydrogens is 570 g/mol. The molecule has 0 unspecified atom stereocenters. The van der Waals surface area contributed by atoms with Gasteiger partial charge in [0.15, 0.2) is 0 Å². The van der Waals surface area contributed by atoms with Gasteiger partial charge in [-0.2, -0.15) is 0 Å². The predicted octanol–water partition coefficient (Wildman–Crippen LogP) is 3.72. The number of hydrogen-bond acceptors (Lipinski definition) is 6. The Hall–Kier alpha value is -2.46. The van der Waals surface area contributed by atoms with Crippen molar-refractivity contribution in [1.82, 2.24) is 25.3 Å². The van der Waals surface area contributed by atoms with Crippen LogP contribution in [0.15, 0.2) is 11.6 Å². The summed E-state index contributed by atoms with van der Waals surface area (Å²) in [6.45, 7) is 21.1. The number of carbonyl (C=O) groups excluding carboxylic acids is 4. The summed E-state index contributed by atoms with van der Waals surface area (Å²) in [5.41, 5.74) is -0.0629. The highest BCUT2D eigenvalue weighted by Crippen LogP contribution is 2.27. The van der Waals surface area contributed by atoms with Crippen LogP contribution in [0.1, 0.15) is 108 Å². The number of likely N-dealkylation sites (tertiary alicyclic amines) is 2. The molecule has 3 N–H and O–H groups in total. The first-order valence-corrected chi connectivity index (χ1v) is 17.1. The van der Waals surface area contributed by atoms with Gasteiger partial charge >= 0.3 is 0 Å². The fourth-order valence-electron chi connectivity index (χ4n) is 6.72. The number of piperidine rings is 1. The van der Waals surface area contributed by atoms with Crippen molar-refractivity contribution in [2.24, 2.45) is 17.3 Å². The lowest BCUT2D eigenvalue weighted by Crippen LogP contribution is -2.60. The molecule has 0 spiro atoms. The van der Waals surface area contributed by atoms with E-state index in [-0.39, 0.29) is 54.3 Å². The summed E-state index contributed by atoms with van der Waals surface area (Å²) in [6.07, 6.45) is 6.61. The highest BCUT2D eigenvalue weighted by molar-refractivity contribution is 5.97. The van der Waals surface area contributed by atoms with Crippen molar-refractivity contribution in [2.75, 3.05) is 26.7 Å². The molecule has 2 heterocycles. The second kappa shape index (κ2) is 16.9. The molecule has 2 saturated heterocycles. The molecule has 0 aromatic heterocycles. The van der Waals surface area contributed by atoms with Gasteiger partial charge in [-0.3, -0.25) is 24.1 Å². The number of likely N-dealkylation sites (N-methyl/N-ethyl adjacent to an activating group) is 1. The molecule has 0 aromatic carbocycles. The molecule has 0 radical (unpaired) electrons. The van der Waals surface area contributed by atoms with E-state index in [1.165, 1.54) is 0 Å². The van der Waals surface area contributed by atoms with Crippen molar-refractivity contribution >= 4 is 23.6 Å². The Balaban J connectivity index is 2.25. The Bertz CT molecular complexity index is 1050. The van der Waals surface area contributed by atoms with Crippen molar-refractivity contribution in [1.29, 1.82) is 0 Å². The lowest BCUT2D eigenvalue weighted by molar-refractivity contribution is -0.142. The lowest BCUT2D eigenvalue weighted by atomic mass is 9.84. The maximum atomic E-state index is 14.1. The fourth-order valence-corrected chi connectivity index (χ4v) is 6.72. The van der Waals surface area contributed by atoms with Gasteiger partial charge in [-0.25, -0.2) is 0 Å². The smallest absolute Gasteiger partial charge is 0.249 e. The first-order chi connectivity index (χ1) is 20.9. The number of aliphatic hydroxyl groups is 1. The number of amides is 4. The van der Waals surface area contributed by atoms with Crippen LogP contribution in [0.5, 0.6) is 0 Å². The second-order valence-corrected chi connectivity index (χ2v) is 15.4. The number of carbonyl (C=O) groups is 4. The third-order valence-electron chi connectivity index (χ3n) is 9.28. The van der Waals surface area contributed by atoms with Gasteiger partial charge in [-0.15, -0.1) is 0 Å². The molecule has 258 valence electrons. The largest absolute Gasteiger partial charge is 0.394 e. The van der Waals surface area contributed by atoms with Crippen LogP contribution in [0.25, 0.3) is 0 Å². The zero-order valence-electron chi connectivity index (χ0n) is 30.0. The Morgan fingerprint density at radius 3 is 2.04 bits per heavy atom. The van der Waals surface area contributed by atoms with Crippen molar-refractivity contribution in [3.8, 4) is 0 Å². The van der Waals surface area contributed by atoms with Crippen LogP contribution >= 0.6 is 0 Å². The molecule has 5 atom stereocenters. The Morgan fingerprint density at radius 1 is 0.911 bits per heavy atom. The average Bonchev–Trinajstić information content (AvgIpc) is 3.46. The van der Waals surface area contributed by atoms with E-state index < -0.39 is 23.5 Å². The molecule has 0 aliphatic carbocycles. The molecule has 0 saturated carbocycles. The first-order valence-electron chi connectivity index (χ1n) is 17.1. The Labute approximate surface area is 272 Å². The molecule has 0 bridgehead atoms. The van der Waals surface area contributed by atoms with Crippen LogP contribution in [0, 0.1) is 17.3 Å². The SMILES string of the molecule is CC(=C[C@H](C(C)C)N(C)C(=O)[C@@H](NC(=O)[C@H]1CCCCN1C(C)C)C(C)(C)C)C(=O)N1CCC[C@H]1C(=O)N[C@@H](CO)CC(C)C. The monoisotopic (exact) mass is 633 g/mol. The molecule has 2 aliphatic heterocycles. The van der Waals surface area contributed by atoms with Crippen LogP contribution in [0.4, 0.5) is 0 Å². The van der Waals surface area contributed by atoms with Gasteiger partial charge in [0.05, 0.1) is 24.7 Å². The van der Waals surface area contributed by atoms with E-state index in [4.69, 9.17) is 0 Å². The summed E-state index contributed by atoms with van der Waals surface area (Å²) in [4.78, 5) is 60.1. The van der Waals surface area contributed by atoms with Gasteiger partial charge < -0.3 is 25.5 Å². The number of nitrogens with zero attached hydrogens (tertiary/aromatic N) is 3. The minimum absolute atomic E-state index is 0.00758. The third-order valence-corrected chi connectivity index (χ3v) is 9.28. The highest BCUT2D eigenvalue weighted by atomic mass is 16.3. The van der Waals surface area contributed by atoms with E-state index in [1.807, 2.05) is 54.5 Å². The lowest BCUT2D eigenvalue weighted by Gasteiger charge is -2.41. The molecule has 45 heavy (non-hydrogen) atoms. The van der Waals surface area contributed by atoms with Crippen molar-refractivity contribution < 1.29 is 24.3 Å². The van der Waals surface area contributed by atoms with Gasteiger partial charge in [-0.05, 0) is 76.7 Å². The van der Waals surface area contributed by atoms with Crippen molar-refractivity contribution in [3.05, 3.63) is 11.6 Å². The van der Waals surface area contributed by atoms with Crippen LogP contribution in [0.3, 0.4) is 0 Å². The van der Waals surface area contributed by atoms with Gasteiger partial charge in [0.25, 0.3) is 0 Å². The first kappa shape index (κ1) is 38.7. The summed E-state index contributed by atoms with van der Waals surface area (Å²) in [5, 5.41) is 15.8. The minimum atomic E-state index is -0.742. The van der Waals surface area contributed by atoms with E-state index in [0.717, 1.165) is 32.2 Å². The van der Waals surface area contributed by atoms with Gasteiger partial charge in [0.1, 0.15) is 12.1 Å². The Kier molecular flexibility index (Phi) is 14.6.